The molecule has 3 heteroatoms. The fourth-order valence-electron chi connectivity index (χ4n) is 0.821. The lowest BCUT2D eigenvalue weighted by atomic mass is 10.2. The maximum absolute atomic E-state index is 9.01. The van der Waals surface area contributed by atoms with Crippen LogP contribution in [0, 0.1) is 0 Å². The standard InChI is InChI=1S/C10H14N2O/c1-8(2)12-11-7-9-3-5-10(13)6-4-9/h3-8,12-13H,1-2H3/b11-7+. The van der Waals surface area contributed by atoms with Crippen LogP contribution >= 0.6 is 0 Å². The Balaban J connectivity index is 2.54. The summed E-state index contributed by atoms with van der Waals surface area (Å²) in [5, 5.41) is 13.0. The molecular weight excluding hydrogens is 164 g/mol. The van der Waals surface area contributed by atoms with Gasteiger partial charge in [0.1, 0.15) is 5.75 Å². The quantitative estimate of drug-likeness (QED) is 0.547. The van der Waals surface area contributed by atoms with E-state index in [-0.39, 0.29) is 5.75 Å². The van der Waals surface area contributed by atoms with Gasteiger partial charge in [-0.25, -0.2) is 0 Å². The molecule has 0 atom stereocenters. The number of hydrogen-bond acceptors (Lipinski definition) is 3. The number of phenols is 1. The van der Waals surface area contributed by atoms with E-state index in [0.717, 1.165) is 5.56 Å². The number of nitrogens with zero attached hydrogens (tertiary/aromatic N) is 1. The lowest BCUT2D eigenvalue weighted by molar-refractivity contribution is 0.475. The molecule has 0 fully saturated rings. The highest BCUT2D eigenvalue weighted by Crippen LogP contribution is 2.07. The Bertz CT molecular complexity index is 277. The Kier molecular flexibility index (Phi) is 3.31. The van der Waals surface area contributed by atoms with E-state index in [9.17, 15) is 0 Å². The first-order valence-corrected chi connectivity index (χ1v) is 4.26. The zero-order chi connectivity index (χ0) is 9.68. The van der Waals surface area contributed by atoms with Gasteiger partial charge in [-0.1, -0.05) is 0 Å². The molecule has 0 heterocycles. The zero-order valence-electron chi connectivity index (χ0n) is 7.86. The van der Waals surface area contributed by atoms with Gasteiger partial charge in [-0.2, -0.15) is 5.10 Å². The number of rotatable bonds is 3. The van der Waals surface area contributed by atoms with Crippen molar-refractivity contribution in [2.45, 2.75) is 19.9 Å². The van der Waals surface area contributed by atoms with Crippen molar-refractivity contribution in [3.05, 3.63) is 29.8 Å². The van der Waals surface area contributed by atoms with E-state index < -0.39 is 0 Å². The molecule has 2 N–H and O–H groups in total. The molecule has 0 unspecified atom stereocenters. The third-order valence-electron chi connectivity index (χ3n) is 1.44. The number of nitrogens with one attached hydrogen (secondary N) is 1. The molecule has 0 saturated heterocycles. The largest absolute Gasteiger partial charge is 0.508 e. The van der Waals surface area contributed by atoms with Gasteiger partial charge in [-0.3, -0.25) is 0 Å². The molecule has 3 nitrogen and oxygen atoms in total. The maximum atomic E-state index is 9.01. The Morgan fingerprint density at radius 3 is 2.46 bits per heavy atom. The van der Waals surface area contributed by atoms with Crippen LogP contribution in [0.5, 0.6) is 5.75 Å². The molecular formula is C10H14N2O. The van der Waals surface area contributed by atoms with Crippen LogP contribution in [-0.2, 0) is 0 Å². The average molecular weight is 178 g/mol. The summed E-state index contributed by atoms with van der Waals surface area (Å²) in [6, 6.07) is 7.23. The van der Waals surface area contributed by atoms with Crippen molar-refractivity contribution in [2.75, 3.05) is 0 Å². The van der Waals surface area contributed by atoms with Crippen LogP contribution in [0.4, 0.5) is 0 Å². The van der Waals surface area contributed by atoms with E-state index in [2.05, 4.69) is 10.5 Å². The smallest absolute Gasteiger partial charge is 0.115 e. The minimum Gasteiger partial charge on any atom is -0.508 e. The predicted molar refractivity (Wildman–Crippen MR) is 54.0 cm³/mol. The Hall–Kier alpha value is -1.51. The van der Waals surface area contributed by atoms with E-state index in [0.29, 0.717) is 6.04 Å². The van der Waals surface area contributed by atoms with Crippen LogP contribution in [0.1, 0.15) is 19.4 Å². The van der Waals surface area contributed by atoms with Crippen LogP contribution in [0.25, 0.3) is 0 Å². The van der Waals surface area contributed by atoms with E-state index in [1.807, 2.05) is 13.8 Å². The number of phenolic OH excluding ortho intramolecular Hbond substituents is 1. The lowest BCUT2D eigenvalue weighted by Crippen LogP contribution is -2.15. The van der Waals surface area contributed by atoms with Gasteiger partial charge in [0.05, 0.1) is 6.21 Å². The first-order valence-electron chi connectivity index (χ1n) is 4.26. The van der Waals surface area contributed by atoms with Crippen LogP contribution in [0.15, 0.2) is 29.4 Å². The fraction of sp³-hybridized carbons (Fsp3) is 0.300. The molecule has 13 heavy (non-hydrogen) atoms. The highest BCUT2D eigenvalue weighted by molar-refractivity contribution is 5.79. The van der Waals surface area contributed by atoms with E-state index in [4.69, 9.17) is 5.11 Å². The Morgan fingerprint density at radius 2 is 1.92 bits per heavy atom. The summed E-state index contributed by atoms with van der Waals surface area (Å²) < 4.78 is 0. The second-order valence-corrected chi connectivity index (χ2v) is 3.13. The third kappa shape index (κ3) is 3.60. The van der Waals surface area contributed by atoms with Gasteiger partial charge in [0.15, 0.2) is 0 Å². The summed E-state index contributed by atoms with van der Waals surface area (Å²) in [6.07, 6.45) is 1.72. The monoisotopic (exact) mass is 178 g/mol. The number of hydrazone groups is 1. The highest BCUT2D eigenvalue weighted by atomic mass is 16.3. The molecule has 0 saturated carbocycles. The SMILES string of the molecule is CC(C)N/N=C/c1ccc(O)cc1. The summed E-state index contributed by atoms with van der Waals surface area (Å²) in [5.41, 5.74) is 3.88. The van der Waals surface area contributed by atoms with Gasteiger partial charge in [-0.15, -0.1) is 0 Å². The topological polar surface area (TPSA) is 44.6 Å². The van der Waals surface area contributed by atoms with Gasteiger partial charge in [0.2, 0.25) is 0 Å². The van der Waals surface area contributed by atoms with Crippen molar-refractivity contribution in [3.63, 3.8) is 0 Å². The lowest BCUT2D eigenvalue weighted by Gasteiger charge is -2.01. The van der Waals surface area contributed by atoms with Gasteiger partial charge in [0, 0.05) is 6.04 Å². The Labute approximate surface area is 78.1 Å². The molecule has 0 aromatic heterocycles. The molecule has 0 amide bonds. The van der Waals surface area contributed by atoms with E-state index >= 15 is 0 Å². The highest BCUT2D eigenvalue weighted by Gasteiger charge is 1.89. The first kappa shape index (κ1) is 9.58. The minimum absolute atomic E-state index is 0.272. The molecule has 0 aliphatic heterocycles. The maximum Gasteiger partial charge on any atom is 0.115 e. The van der Waals surface area contributed by atoms with Crippen molar-refractivity contribution in [3.8, 4) is 5.75 Å². The molecule has 0 spiro atoms. The van der Waals surface area contributed by atoms with Crippen molar-refractivity contribution >= 4 is 6.21 Å². The second-order valence-electron chi connectivity index (χ2n) is 3.13. The normalized spacial score (nSPS) is 11.0. The van der Waals surface area contributed by atoms with Crippen molar-refractivity contribution in [2.24, 2.45) is 5.10 Å². The van der Waals surface area contributed by atoms with Crippen molar-refractivity contribution in [1.29, 1.82) is 0 Å². The molecule has 0 radical (unpaired) electrons. The van der Waals surface area contributed by atoms with E-state index in [1.54, 1.807) is 30.5 Å². The van der Waals surface area contributed by atoms with Crippen LogP contribution in [0.2, 0.25) is 0 Å². The number of benzene rings is 1. The first-order chi connectivity index (χ1) is 6.18. The van der Waals surface area contributed by atoms with Gasteiger partial charge >= 0.3 is 0 Å². The molecule has 0 aliphatic carbocycles. The summed E-state index contributed by atoms with van der Waals surface area (Å²) in [6.45, 7) is 4.04. The van der Waals surface area contributed by atoms with Crippen LogP contribution < -0.4 is 5.43 Å². The van der Waals surface area contributed by atoms with E-state index in [1.165, 1.54) is 0 Å². The number of hydrogen-bond donors (Lipinski definition) is 2. The predicted octanol–water partition coefficient (Wildman–Crippen LogP) is 1.72. The molecule has 0 bridgehead atoms. The Morgan fingerprint density at radius 1 is 1.31 bits per heavy atom. The molecule has 0 aliphatic rings. The van der Waals surface area contributed by atoms with Gasteiger partial charge in [-0.05, 0) is 43.7 Å². The third-order valence-corrected chi connectivity index (χ3v) is 1.44. The molecule has 1 aromatic rings. The molecule has 70 valence electrons. The summed E-state index contributed by atoms with van der Waals surface area (Å²) in [5.74, 6) is 0.272. The summed E-state index contributed by atoms with van der Waals surface area (Å²) >= 11 is 0. The van der Waals surface area contributed by atoms with Gasteiger partial charge < -0.3 is 10.5 Å². The van der Waals surface area contributed by atoms with Crippen molar-refractivity contribution < 1.29 is 5.11 Å². The summed E-state index contributed by atoms with van der Waals surface area (Å²) in [4.78, 5) is 0. The number of aromatic hydroxyl groups is 1. The summed E-state index contributed by atoms with van der Waals surface area (Å²) in [7, 11) is 0. The van der Waals surface area contributed by atoms with Crippen LogP contribution in [-0.4, -0.2) is 17.4 Å². The molecule has 1 rings (SSSR count). The van der Waals surface area contributed by atoms with Crippen LogP contribution in [0.3, 0.4) is 0 Å². The van der Waals surface area contributed by atoms with Gasteiger partial charge in [0.25, 0.3) is 0 Å². The van der Waals surface area contributed by atoms with Crippen molar-refractivity contribution in [1.82, 2.24) is 5.43 Å². The average Bonchev–Trinajstić information content (AvgIpc) is 2.08. The minimum atomic E-state index is 0.272. The fourth-order valence-corrected chi connectivity index (χ4v) is 0.821. The zero-order valence-corrected chi connectivity index (χ0v) is 7.86. The molecule has 1 aromatic carbocycles. The second kappa shape index (κ2) is 4.50.